The molecule has 4 nitrogen and oxygen atoms in total. The average Bonchev–Trinajstić information content (AvgIpc) is 2.49. The number of morpholine rings is 1. The molecule has 146 valence electrons. The number of alkyl halides is 3. The van der Waals surface area contributed by atoms with Gasteiger partial charge in [-0.2, -0.15) is 0 Å². The van der Waals surface area contributed by atoms with Crippen LogP contribution >= 0.6 is 34.8 Å². The molecule has 1 heterocycles. The molecule has 0 bridgehead atoms. The number of carbonyl (C=O) groups is 1. The molecule has 0 aromatic heterocycles. The van der Waals surface area contributed by atoms with Crippen molar-refractivity contribution in [2.24, 2.45) is 0 Å². The predicted octanol–water partition coefficient (Wildman–Crippen LogP) is 4.52. The molecular formula is C19H27Cl3N2O2. The fourth-order valence-electron chi connectivity index (χ4n) is 3.14. The lowest BCUT2D eigenvalue weighted by Crippen LogP contribution is -2.60. The van der Waals surface area contributed by atoms with Gasteiger partial charge in [0.05, 0.1) is 12.2 Å². The van der Waals surface area contributed by atoms with E-state index in [9.17, 15) is 4.79 Å². The van der Waals surface area contributed by atoms with Gasteiger partial charge in [-0.15, -0.1) is 0 Å². The van der Waals surface area contributed by atoms with Gasteiger partial charge in [0.1, 0.15) is 6.17 Å². The summed E-state index contributed by atoms with van der Waals surface area (Å²) in [5, 5.41) is 2.88. The maximum absolute atomic E-state index is 12.7. The maximum atomic E-state index is 12.7. The number of carbonyl (C=O) groups excluding carboxylic acids is 1. The summed E-state index contributed by atoms with van der Waals surface area (Å²) in [6.45, 7) is 11.5. The van der Waals surface area contributed by atoms with Gasteiger partial charge in [-0.25, -0.2) is 0 Å². The van der Waals surface area contributed by atoms with Crippen LogP contribution in [0.1, 0.15) is 50.5 Å². The number of hydrogen-bond donors (Lipinski definition) is 1. The standard InChI is InChI=1S/C19H27Cl3N2O2/c1-12-10-24(11-13(2)26-12)17(19(20,21)22)23-16(25)14-6-8-15(9-7-14)18(3,4)5/h6-9,12-13,17H,10-11H2,1-5H3,(H,23,25). The van der Waals surface area contributed by atoms with Gasteiger partial charge in [0.2, 0.25) is 3.79 Å². The van der Waals surface area contributed by atoms with E-state index in [0.29, 0.717) is 18.7 Å². The Morgan fingerprint density at radius 3 is 2.04 bits per heavy atom. The lowest BCUT2D eigenvalue weighted by Gasteiger charge is -2.42. The van der Waals surface area contributed by atoms with Crippen LogP contribution in [0.25, 0.3) is 0 Å². The topological polar surface area (TPSA) is 41.6 Å². The number of hydrogen-bond acceptors (Lipinski definition) is 3. The second-order valence-corrected chi connectivity index (χ2v) is 10.3. The van der Waals surface area contributed by atoms with Gasteiger partial charge in [0.15, 0.2) is 0 Å². The summed E-state index contributed by atoms with van der Waals surface area (Å²) in [5.74, 6) is -0.270. The number of nitrogens with zero attached hydrogens (tertiary/aromatic N) is 1. The Kier molecular flexibility index (Phi) is 6.90. The van der Waals surface area contributed by atoms with E-state index in [2.05, 4.69) is 26.1 Å². The van der Waals surface area contributed by atoms with E-state index in [1.54, 1.807) is 12.1 Å². The van der Waals surface area contributed by atoms with Crippen LogP contribution in [-0.2, 0) is 10.2 Å². The zero-order valence-corrected chi connectivity index (χ0v) is 18.1. The number of rotatable bonds is 3. The molecule has 1 N–H and O–H groups in total. The lowest BCUT2D eigenvalue weighted by molar-refractivity contribution is -0.0826. The van der Waals surface area contributed by atoms with Gasteiger partial charge >= 0.3 is 0 Å². The Labute approximate surface area is 171 Å². The molecule has 26 heavy (non-hydrogen) atoms. The molecule has 7 heteroatoms. The van der Waals surface area contributed by atoms with E-state index in [4.69, 9.17) is 39.5 Å². The summed E-state index contributed by atoms with van der Waals surface area (Å²) >= 11 is 18.5. The smallest absolute Gasteiger partial charge is 0.252 e. The summed E-state index contributed by atoms with van der Waals surface area (Å²) in [6.07, 6.45) is -0.746. The first-order chi connectivity index (χ1) is 11.9. The van der Waals surface area contributed by atoms with Crippen LogP contribution in [0.3, 0.4) is 0 Å². The van der Waals surface area contributed by atoms with Crippen LogP contribution in [0.4, 0.5) is 0 Å². The summed E-state index contributed by atoms with van der Waals surface area (Å²) in [6, 6.07) is 7.52. The fraction of sp³-hybridized carbons (Fsp3) is 0.632. The molecule has 1 amide bonds. The second kappa shape index (κ2) is 8.24. The van der Waals surface area contributed by atoms with Crippen molar-refractivity contribution in [1.29, 1.82) is 0 Å². The van der Waals surface area contributed by atoms with Crippen molar-refractivity contribution in [2.75, 3.05) is 13.1 Å². The van der Waals surface area contributed by atoms with Crippen molar-refractivity contribution in [3.63, 3.8) is 0 Å². The average molecular weight is 422 g/mol. The molecule has 1 aromatic rings. The zero-order valence-electron chi connectivity index (χ0n) is 15.9. The fourth-order valence-corrected chi connectivity index (χ4v) is 3.72. The summed E-state index contributed by atoms with van der Waals surface area (Å²) < 4.78 is 4.08. The largest absolute Gasteiger partial charge is 0.373 e. The van der Waals surface area contributed by atoms with Crippen LogP contribution in [-0.4, -0.2) is 46.1 Å². The minimum absolute atomic E-state index is 0.00317. The molecule has 1 aromatic carbocycles. The normalized spacial score (nSPS) is 23.5. The van der Waals surface area contributed by atoms with Crippen molar-refractivity contribution < 1.29 is 9.53 Å². The van der Waals surface area contributed by atoms with Gasteiger partial charge < -0.3 is 10.1 Å². The third-order valence-corrected chi connectivity index (χ3v) is 5.02. The van der Waals surface area contributed by atoms with Crippen LogP contribution in [0, 0.1) is 0 Å². The van der Waals surface area contributed by atoms with E-state index in [-0.39, 0.29) is 23.5 Å². The first kappa shape index (κ1) is 21.8. The van der Waals surface area contributed by atoms with Gasteiger partial charge in [0.25, 0.3) is 5.91 Å². The maximum Gasteiger partial charge on any atom is 0.252 e. The Balaban J connectivity index is 2.16. The van der Waals surface area contributed by atoms with Gasteiger partial charge in [-0.3, -0.25) is 9.69 Å². The molecule has 0 saturated carbocycles. The van der Waals surface area contributed by atoms with Crippen molar-refractivity contribution >= 4 is 40.7 Å². The lowest BCUT2D eigenvalue weighted by atomic mass is 9.87. The quantitative estimate of drug-likeness (QED) is 0.730. The molecule has 2 rings (SSSR count). The summed E-state index contributed by atoms with van der Waals surface area (Å²) in [5.41, 5.74) is 1.71. The van der Waals surface area contributed by atoms with Crippen LogP contribution in [0.15, 0.2) is 24.3 Å². The Morgan fingerprint density at radius 2 is 1.62 bits per heavy atom. The molecule has 3 unspecified atom stereocenters. The Bertz CT molecular complexity index is 613. The first-order valence-electron chi connectivity index (χ1n) is 8.75. The summed E-state index contributed by atoms with van der Waals surface area (Å²) in [4.78, 5) is 14.7. The van der Waals surface area contributed by atoms with Crippen molar-refractivity contribution in [3.05, 3.63) is 35.4 Å². The summed E-state index contributed by atoms with van der Waals surface area (Å²) in [7, 11) is 0. The minimum atomic E-state index is -1.65. The van der Waals surface area contributed by atoms with Crippen LogP contribution in [0.2, 0.25) is 0 Å². The SMILES string of the molecule is CC1CN(C(NC(=O)c2ccc(C(C)(C)C)cc2)C(Cl)(Cl)Cl)CC(C)O1. The number of halogens is 3. The molecule has 0 radical (unpaired) electrons. The molecular weight excluding hydrogens is 395 g/mol. The van der Waals surface area contributed by atoms with E-state index < -0.39 is 9.96 Å². The van der Waals surface area contributed by atoms with Crippen molar-refractivity contribution in [3.8, 4) is 0 Å². The number of ether oxygens (including phenoxy) is 1. The molecule has 3 atom stereocenters. The predicted molar refractivity (Wildman–Crippen MR) is 108 cm³/mol. The van der Waals surface area contributed by atoms with Gasteiger partial charge in [0, 0.05) is 18.7 Å². The zero-order chi connectivity index (χ0) is 19.7. The van der Waals surface area contributed by atoms with Crippen LogP contribution < -0.4 is 5.32 Å². The first-order valence-corrected chi connectivity index (χ1v) is 9.89. The molecule has 1 saturated heterocycles. The van der Waals surface area contributed by atoms with Crippen molar-refractivity contribution in [1.82, 2.24) is 10.2 Å². The monoisotopic (exact) mass is 420 g/mol. The molecule has 0 spiro atoms. The van der Waals surface area contributed by atoms with E-state index in [0.717, 1.165) is 5.56 Å². The molecule has 0 aliphatic carbocycles. The minimum Gasteiger partial charge on any atom is -0.373 e. The van der Waals surface area contributed by atoms with Gasteiger partial charge in [-0.05, 0) is 37.0 Å². The third-order valence-electron chi connectivity index (χ3n) is 4.40. The highest BCUT2D eigenvalue weighted by Crippen LogP contribution is 2.33. The highest BCUT2D eigenvalue weighted by atomic mass is 35.6. The third kappa shape index (κ3) is 5.74. The van der Waals surface area contributed by atoms with Crippen molar-refractivity contribution in [2.45, 2.75) is 62.2 Å². The number of amides is 1. The van der Waals surface area contributed by atoms with E-state index in [1.807, 2.05) is 30.9 Å². The Hall–Kier alpha value is -0.520. The molecule has 1 fully saturated rings. The molecule has 1 aliphatic heterocycles. The highest BCUT2D eigenvalue weighted by molar-refractivity contribution is 6.68. The van der Waals surface area contributed by atoms with Crippen LogP contribution in [0.5, 0.6) is 0 Å². The van der Waals surface area contributed by atoms with Gasteiger partial charge in [-0.1, -0.05) is 67.7 Å². The van der Waals surface area contributed by atoms with E-state index in [1.165, 1.54) is 0 Å². The molecule has 1 aliphatic rings. The number of benzene rings is 1. The second-order valence-electron chi connectivity index (χ2n) is 7.96. The number of nitrogens with one attached hydrogen (secondary N) is 1. The van der Waals surface area contributed by atoms with E-state index >= 15 is 0 Å². The highest BCUT2D eigenvalue weighted by Gasteiger charge is 2.41. The Morgan fingerprint density at radius 1 is 1.12 bits per heavy atom.